The zero-order valence-corrected chi connectivity index (χ0v) is 13.6. The van der Waals surface area contributed by atoms with E-state index < -0.39 is 10.2 Å². The van der Waals surface area contributed by atoms with Crippen molar-refractivity contribution in [3.63, 3.8) is 0 Å². The average Bonchev–Trinajstić information content (AvgIpc) is 2.93. The molecule has 1 fully saturated rings. The van der Waals surface area contributed by atoms with Crippen molar-refractivity contribution in [1.82, 2.24) is 9.62 Å². The Balaban J connectivity index is 1.99. The summed E-state index contributed by atoms with van der Waals surface area (Å²) in [6.45, 7) is 3.50. The normalized spacial score (nSPS) is 19.4. The average molecular weight is 329 g/mol. The van der Waals surface area contributed by atoms with E-state index in [0.29, 0.717) is 18.7 Å². The Morgan fingerprint density at radius 2 is 2.32 bits per heavy atom. The van der Waals surface area contributed by atoms with Crippen LogP contribution in [0.25, 0.3) is 0 Å². The molecule has 1 aromatic rings. The van der Waals surface area contributed by atoms with Crippen LogP contribution in [-0.2, 0) is 16.6 Å². The Kier molecular flexibility index (Phi) is 5.60. The van der Waals surface area contributed by atoms with E-state index in [2.05, 4.69) is 4.72 Å². The molecule has 124 valence electrons. The minimum absolute atomic E-state index is 0.0440. The first-order valence-corrected chi connectivity index (χ1v) is 9.08. The Labute approximate surface area is 131 Å². The summed E-state index contributed by atoms with van der Waals surface area (Å²) in [6, 6.07) is 1.71. The molecule has 1 unspecified atom stereocenters. The summed E-state index contributed by atoms with van der Waals surface area (Å²) in [5.74, 6) is 0.757. The van der Waals surface area contributed by atoms with Crippen molar-refractivity contribution in [3.05, 3.63) is 23.7 Å². The number of nitrogens with zero attached hydrogens (tertiary/aromatic N) is 1. The summed E-state index contributed by atoms with van der Waals surface area (Å²) >= 11 is 0. The molecule has 1 saturated heterocycles. The van der Waals surface area contributed by atoms with E-state index in [0.717, 1.165) is 31.4 Å². The van der Waals surface area contributed by atoms with Crippen LogP contribution in [0.2, 0.25) is 0 Å². The maximum Gasteiger partial charge on any atom is 0.274 e. The third-order valence-corrected chi connectivity index (χ3v) is 4.40. The Morgan fingerprint density at radius 3 is 3.00 bits per heavy atom. The number of carbonyl (C=O) groups is 1. The highest BCUT2D eigenvalue weighted by Gasteiger charge is 2.27. The second-order valence-electron chi connectivity index (χ2n) is 5.66. The quantitative estimate of drug-likeness (QED) is 0.808. The minimum atomic E-state index is -3.69. The largest absolute Gasteiger partial charge is 0.469 e. The monoisotopic (exact) mass is 329 g/mol. The van der Waals surface area contributed by atoms with Gasteiger partial charge in [0.1, 0.15) is 5.76 Å². The molecule has 0 aromatic carbocycles. The predicted molar refractivity (Wildman–Crippen MR) is 82.4 cm³/mol. The molecule has 0 spiro atoms. The third kappa shape index (κ3) is 4.56. The molecule has 0 radical (unpaired) electrons. The summed E-state index contributed by atoms with van der Waals surface area (Å²) < 4.78 is 29.6. The van der Waals surface area contributed by atoms with Gasteiger partial charge in [-0.3, -0.25) is 4.79 Å². The smallest absolute Gasteiger partial charge is 0.274 e. The number of piperidine rings is 1. The Bertz CT molecular complexity index is 611. The van der Waals surface area contributed by atoms with Gasteiger partial charge in [-0.25, -0.2) is 9.86 Å². The molecular formula is C14H23N3O4S. The highest BCUT2D eigenvalue weighted by atomic mass is 32.2. The van der Waals surface area contributed by atoms with Crippen LogP contribution >= 0.6 is 0 Å². The molecule has 7 nitrogen and oxygen atoms in total. The standard InChI is InChI=1S/C14H23N3O4S/c1-2-4-13-12(6-8-21-13)14(18)17-7-3-5-11(10-17)9-16-22(15,19)20/h6,8,11,16H,2-5,7,9-10H2,1H3,(H2,15,19,20). The number of amides is 1. The van der Waals surface area contributed by atoms with Crippen LogP contribution in [0.5, 0.6) is 0 Å². The zero-order chi connectivity index (χ0) is 16.2. The molecule has 3 N–H and O–H groups in total. The molecule has 1 aromatic heterocycles. The second kappa shape index (κ2) is 7.26. The van der Waals surface area contributed by atoms with Gasteiger partial charge in [0.2, 0.25) is 0 Å². The van der Waals surface area contributed by atoms with E-state index in [9.17, 15) is 13.2 Å². The fourth-order valence-corrected chi connectivity index (χ4v) is 3.24. The molecule has 1 aliphatic rings. The van der Waals surface area contributed by atoms with Crippen LogP contribution in [0.4, 0.5) is 0 Å². The number of furan rings is 1. The third-order valence-electron chi connectivity index (χ3n) is 3.83. The second-order valence-corrected chi connectivity index (χ2v) is 7.04. The lowest BCUT2D eigenvalue weighted by Crippen LogP contribution is -2.44. The van der Waals surface area contributed by atoms with Crippen molar-refractivity contribution in [3.8, 4) is 0 Å². The number of carbonyl (C=O) groups excluding carboxylic acids is 1. The van der Waals surface area contributed by atoms with Gasteiger partial charge in [0.15, 0.2) is 0 Å². The highest BCUT2D eigenvalue weighted by molar-refractivity contribution is 7.87. The molecular weight excluding hydrogens is 306 g/mol. The van der Waals surface area contributed by atoms with Gasteiger partial charge >= 0.3 is 0 Å². The lowest BCUT2D eigenvalue weighted by Gasteiger charge is -2.32. The van der Waals surface area contributed by atoms with Gasteiger partial charge in [0.05, 0.1) is 11.8 Å². The van der Waals surface area contributed by atoms with Gasteiger partial charge in [0.25, 0.3) is 16.1 Å². The van der Waals surface area contributed by atoms with E-state index in [-0.39, 0.29) is 18.4 Å². The molecule has 8 heteroatoms. The molecule has 1 atom stereocenters. The zero-order valence-electron chi connectivity index (χ0n) is 12.7. The number of likely N-dealkylation sites (tertiary alicyclic amines) is 1. The van der Waals surface area contributed by atoms with Gasteiger partial charge in [0, 0.05) is 26.1 Å². The number of hydrogen-bond donors (Lipinski definition) is 2. The summed E-state index contributed by atoms with van der Waals surface area (Å²) in [6.07, 6.45) is 4.92. The van der Waals surface area contributed by atoms with E-state index >= 15 is 0 Å². The van der Waals surface area contributed by atoms with Crippen molar-refractivity contribution in [1.29, 1.82) is 0 Å². The Hall–Kier alpha value is -1.38. The van der Waals surface area contributed by atoms with Gasteiger partial charge < -0.3 is 9.32 Å². The van der Waals surface area contributed by atoms with E-state index in [1.54, 1.807) is 17.2 Å². The predicted octanol–water partition coefficient (Wildman–Crippen LogP) is 0.877. The van der Waals surface area contributed by atoms with Crippen LogP contribution in [0.3, 0.4) is 0 Å². The summed E-state index contributed by atoms with van der Waals surface area (Å²) in [4.78, 5) is 14.4. The number of nitrogens with one attached hydrogen (secondary N) is 1. The number of rotatable bonds is 6. The molecule has 0 aliphatic carbocycles. The Morgan fingerprint density at radius 1 is 1.55 bits per heavy atom. The SMILES string of the molecule is CCCc1occc1C(=O)N1CCCC(CNS(N)(=O)=O)C1. The van der Waals surface area contributed by atoms with Gasteiger partial charge in [-0.2, -0.15) is 8.42 Å². The molecule has 2 heterocycles. The van der Waals surface area contributed by atoms with Crippen LogP contribution in [0.1, 0.15) is 42.3 Å². The van der Waals surface area contributed by atoms with Gasteiger partial charge in [-0.1, -0.05) is 6.92 Å². The van der Waals surface area contributed by atoms with Gasteiger partial charge in [-0.15, -0.1) is 0 Å². The summed E-state index contributed by atoms with van der Waals surface area (Å²) in [5, 5.41) is 4.95. The molecule has 22 heavy (non-hydrogen) atoms. The summed E-state index contributed by atoms with van der Waals surface area (Å²) in [7, 11) is -3.69. The van der Waals surface area contributed by atoms with Crippen LogP contribution in [0.15, 0.2) is 16.7 Å². The van der Waals surface area contributed by atoms with Crippen LogP contribution < -0.4 is 9.86 Å². The topological polar surface area (TPSA) is 106 Å². The highest BCUT2D eigenvalue weighted by Crippen LogP contribution is 2.21. The maximum absolute atomic E-state index is 12.6. The number of hydrogen-bond acceptors (Lipinski definition) is 4. The van der Waals surface area contributed by atoms with E-state index in [1.807, 2.05) is 6.92 Å². The lowest BCUT2D eigenvalue weighted by molar-refractivity contribution is 0.0674. The fraction of sp³-hybridized carbons (Fsp3) is 0.643. The number of aryl methyl sites for hydroxylation is 1. The summed E-state index contributed by atoms with van der Waals surface area (Å²) in [5.41, 5.74) is 0.613. The molecule has 1 amide bonds. The first kappa shape index (κ1) is 17.0. The van der Waals surface area contributed by atoms with Crippen LogP contribution in [-0.4, -0.2) is 38.9 Å². The number of nitrogens with two attached hydrogens (primary N) is 1. The van der Waals surface area contributed by atoms with Crippen molar-refractivity contribution < 1.29 is 17.6 Å². The molecule has 0 saturated carbocycles. The maximum atomic E-state index is 12.6. The lowest BCUT2D eigenvalue weighted by atomic mass is 9.97. The van der Waals surface area contributed by atoms with Crippen molar-refractivity contribution in [2.75, 3.05) is 19.6 Å². The molecule has 2 rings (SSSR count). The fourth-order valence-electron chi connectivity index (χ4n) is 2.77. The van der Waals surface area contributed by atoms with Crippen molar-refractivity contribution in [2.24, 2.45) is 11.1 Å². The van der Waals surface area contributed by atoms with Crippen molar-refractivity contribution >= 4 is 16.1 Å². The first-order chi connectivity index (χ1) is 10.4. The van der Waals surface area contributed by atoms with E-state index in [1.165, 1.54) is 0 Å². The molecule has 1 aliphatic heterocycles. The first-order valence-electron chi connectivity index (χ1n) is 7.53. The van der Waals surface area contributed by atoms with Gasteiger partial charge in [-0.05, 0) is 31.2 Å². The van der Waals surface area contributed by atoms with Crippen molar-refractivity contribution in [2.45, 2.75) is 32.6 Å². The van der Waals surface area contributed by atoms with Crippen LogP contribution in [0, 0.1) is 5.92 Å². The molecule has 0 bridgehead atoms. The van der Waals surface area contributed by atoms with E-state index in [4.69, 9.17) is 9.56 Å². The minimum Gasteiger partial charge on any atom is -0.469 e.